The summed E-state index contributed by atoms with van der Waals surface area (Å²) in [7, 11) is 2.89. The maximum Gasteiger partial charge on any atom is 0.309 e. The standard InChI is InChI=1S/C13H17ClO5/c1-4-7(13(16)17)11(15)8-5-6-9(18-2)12(19-3)10(8)14/h5-7,11,15H,4H2,1-3H3,(H,16,17). The van der Waals surface area contributed by atoms with Crippen molar-refractivity contribution in [3.8, 4) is 11.5 Å². The third-order valence-corrected chi connectivity index (χ3v) is 3.36. The Morgan fingerprint density at radius 3 is 2.42 bits per heavy atom. The Hall–Kier alpha value is -1.46. The number of hydrogen-bond donors (Lipinski definition) is 2. The van der Waals surface area contributed by atoms with Gasteiger partial charge in [-0.1, -0.05) is 24.6 Å². The molecule has 5 nitrogen and oxygen atoms in total. The molecule has 0 heterocycles. The predicted octanol–water partition coefficient (Wildman–Crippen LogP) is 2.50. The first-order valence-corrected chi connectivity index (χ1v) is 6.16. The number of aliphatic carboxylic acids is 1. The van der Waals surface area contributed by atoms with Crippen LogP contribution < -0.4 is 9.47 Å². The summed E-state index contributed by atoms with van der Waals surface area (Å²) in [5.41, 5.74) is 0.313. The van der Waals surface area contributed by atoms with Crippen molar-refractivity contribution in [2.75, 3.05) is 14.2 Å². The van der Waals surface area contributed by atoms with E-state index in [1.807, 2.05) is 0 Å². The van der Waals surface area contributed by atoms with Crippen LogP contribution in [0.25, 0.3) is 0 Å². The van der Waals surface area contributed by atoms with Crippen LogP contribution in [0.5, 0.6) is 11.5 Å². The number of aliphatic hydroxyl groups is 1. The average molecular weight is 289 g/mol. The molecular formula is C13H17ClO5. The molecule has 0 amide bonds. The van der Waals surface area contributed by atoms with Crippen molar-refractivity contribution in [3.05, 3.63) is 22.7 Å². The number of halogens is 1. The zero-order valence-corrected chi connectivity index (χ0v) is 11.8. The fourth-order valence-corrected chi connectivity index (χ4v) is 2.23. The number of carboxylic acids is 1. The fourth-order valence-electron chi connectivity index (χ4n) is 1.88. The normalized spacial score (nSPS) is 13.7. The Kier molecular flexibility index (Phi) is 5.44. The lowest BCUT2D eigenvalue weighted by Gasteiger charge is -2.21. The molecule has 0 saturated carbocycles. The molecule has 6 heteroatoms. The molecule has 0 aromatic heterocycles. The minimum absolute atomic E-state index is 0.161. The van der Waals surface area contributed by atoms with Crippen molar-refractivity contribution in [2.24, 2.45) is 5.92 Å². The lowest BCUT2D eigenvalue weighted by molar-refractivity contribution is -0.146. The highest BCUT2D eigenvalue weighted by atomic mass is 35.5. The Morgan fingerprint density at radius 2 is 2.00 bits per heavy atom. The maximum atomic E-state index is 11.1. The van der Waals surface area contributed by atoms with Crippen LogP contribution in [0.3, 0.4) is 0 Å². The van der Waals surface area contributed by atoms with Gasteiger partial charge in [0.2, 0.25) is 0 Å². The summed E-state index contributed by atoms with van der Waals surface area (Å²) in [4.78, 5) is 11.1. The lowest BCUT2D eigenvalue weighted by Crippen LogP contribution is -2.21. The van der Waals surface area contributed by atoms with Crippen molar-refractivity contribution in [2.45, 2.75) is 19.4 Å². The van der Waals surface area contributed by atoms with Crippen LogP contribution in [-0.2, 0) is 4.79 Å². The molecule has 0 saturated heterocycles. The topological polar surface area (TPSA) is 76.0 Å². The molecule has 0 spiro atoms. The van der Waals surface area contributed by atoms with E-state index in [9.17, 15) is 9.90 Å². The highest BCUT2D eigenvalue weighted by Crippen LogP contribution is 2.41. The van der Waals surface area contributed by atoms with Gasteiger partial charge in [0.1, 0.15) is 0 Å². The summed E-state index contributed by atoms with van der Waals surface area (Å²) in [6.07, 6.45) is -0.906. The van der Waals surface area contributed by atoms with E-state index in [1.165, 1.54) is 14.2 Å². The second-order valence-electron chi connectivity index (χ2n) is 4.00. The first kappa shape index (κ1) is 15.6. The van der Waals surface area contributed by atoms with Crippen LogP contribution in [0.15, 0.2) is 12.1 Å². The molecule has 2 N–H and O–H groups in total. The Labute approximate surface area is 116 Å². The number of carbonyl (C=O) groups is 1. The van der Waals surface area contributed by atoms with Crippen LogP contribution in [0.2, 0.25) is 5.02 Å². The minimum Gasteiger partial charge on any atom is -0.493 e. The summed E-state index contributed by atoms with van der Waals surface area (Å²) in [6.45, 7) is 1.69. The maximum absolute atomic E-state index is 11.1. The molecule has 19 heavy (non-hydrogen) atoms. The lowest BCUT2D eigenvalue weighted by atomic mass is 9.93. The highest BCUT2D eigenvalue weighted by molar-refractivity contribution is 6.33. The van der Waals surface area contributed by atoms with Gasteiger partial charge in [-0.2, -0.15) is 0 Å². The van der Waals surface area contributed by atoms with Crippen LogP contribution >= 0.6 is 11.6 Å². The molecule has 0 bridgehead atoms. The minimum atomic E-state index is -1.20. The van der Waals surface area contributed by atoms with E-state index < -0.39 is 18.0 Å². The van der Waals surface area contributed by atoms with Gasteiger partial charge in [-0.25, -0.2) is 0 Å². The van der Waals surface area contributed by atoms with Gasteiger partial charge in [0.15, 0.2) is 11.5 Å². The van der Waals surface area contributed by atoms with Crippen LogP contribution in [0.1, 0.15) is 25.0 Å². The molecule has 0 fully saturated rings. The fraction of sp³-hybridized carbons (Fsp3) is 0.462. The summed E-state index contributed by atoms with van der Waals surface area (Å²) < 4.78 is 10.2. The summed E-state index contributed by atoms with van der Waals surface area (Å²) in [6, 6.07) is 3.12. The van der Waals surface area contributed by atoms with E-state index in [4.69, 9.17) is 26.2 Å². The van der Waals surface area contributed by atoms with Gasteiger partial charge < -0.3 is 19.7 Å². The second kappa shape index (κ2) is 6.63. The number of rotatable bonds is 6. The van der Waals surface area contributed by atoms with E-state index in [2.05, 4.69) is 0 Å². The van der Waals surface area contributed by atoms with Crippen LogP contribution in [0, 0.1) is 5.92 Å². The molecule has 0 radical (unpaired) electrons. The Morgan fingerprint density at radius 1 is 1.37 bits per heavy atom. The molecule has 1 aromatic carbocycles. The molecule has 1 rings (SSSR count). The van der Waals surface area contributed by atoms with E-state index in [1.54, 1.807) is 19.1 Å². The summed E-state index contributed by atoms with van der Waals surface area (Å²) >= 11 is 6.14. The zero-order valence-electron chi connectivity index (χ0n) is 11.0. The molecule has 0 aliphatic carbocycles. The number of ether oxygens (including phenoxy) is 2. The Bertz CT molecular complexity index is 461. The second-order valence-corrected chi connectivity index (χ2v) is 4.38. The number of carboxylic acid groups (broad SMARTS) is 1. The number of benzene rings is 1. The summed E-state index contributed by atoms with van der Waals surface area (Å²) in [5, 5.41) is 19.4. The zero-order chi connectivity index (χ0) is 14.6. The van der Waals surface area contributed by atoms with Crippen molar-refractivity contribution in [3.63, 3.8) is 0 Å². The monoisotopic (exact) mass is 288 g/mol. The quantitative estimate of drug-likeness (QED) is 0.841. The van der Waals surface area contributed by atoms with Gasteiger partial charge in [0.25, 0.3) is 0 Å². The van der Waals surface area contributed by atoms with Crippen molar-refractivity contribution >= 4 is 17.6 Å². The van der Waals surface area contributed by atoms with Crippen molar-refractivity contribution in [1.29, 1.82) is 0 Å². The number of aliphatic hydroxyl groups excluding tert-OH is 1. The SMILES string of the molecule is CCC(C(=O)O)C(O)c1ccc(OC)c(OC)c1Cl. The van der Waals surface area contributed by atoms with Gasteiger partial charge in [-0.3, -0.25) is 4.79 Å². The van der Waals surface area contributed by atoms with Gasteiger partial charge in [0, 0.05) is 5.56 Å². The number of methoxy groups -OCH3 is 2. The van der Waals surface area contributed by atoms with Gasteiger partial charge in [-0.15, -0.1) is 0 Å². The van der Waals surface area contributed by atoms with Crippen molar-refractivity contribution in [1.82, 2.24) is 0 Å². The van der Waals surface area contributed by atoms with Gasteiger partial charge >= 0.3 is 5.97 Å². The van der Waals surface area contributed by atoms with Crippen LogP contribution in [0.4, 0.5) is 0 Å². The smallest absolute Gasteiger partial charge is 0.309 e. The van der Waals surface area contributed by atoms with E-state index >= 15 is 0 Å². The van der Waals surface area contributed by atoms with Crippen LogP contribution in [-0.4, -0.2) is 30.4 Å². The van der Waals surface area contributed by atoms with E-state index in [-0.39, 0.29) is 10.8 Å². The van der Waals surface area contributed by atoms with E-state index in [0.717, 1.165) is 0 Å². The first-order chi connectivity index (χ1) is 8.97. The Balaban J connectivity index is 3.24. The molecule has 2 unspecified atom stereocenters. The summed E-state index contributed by atoms with van der Waals surface area (Å²) in [5.74, 6) is -1.29. The third-order valence-electron chi connectivity index (χ3n) is 2.97. The molecule has 2 atom stereocenters. The molecule has 0 aliphatic heterocycles. The highest BCUT2D eigenvalue weighted by Gasteiger charge is 2.29. The molecule has 1 aromatic rings. The van der Waals surface area contributed by atoms with Crippen molar-refractivity contribution < 1.29 is 24.5 Å². The molecular weight excluding hydrogens is 272 g/mol. The third kappa shape index (κ3) is 3.11. The van der Waals surface area contributed by atoms with E-state index in [0.29, 0.717) is 17.7 Å². The molecule has 106 valence electrons. The van der Waals surface area contributed by atoms with Gasteiger partial charge in [-0.05, 0) is 12.5 Å². The number of hydrogen-bond acceptors (Lipinski definition) is 4. The van der Waals surface area contributed by atoms with Gasteiger partial charge in [0.05, 0.1) is 31.3 Å². The molecule has 0 aliphatic rings. The average Bonchev–Trinajstić information content (AvgIpc) is 2.38. The predicted molar refractivity (Wildman–Crippen MR) is 70.9 cm³/mol. The largest absolute Gasteiger partial charge is 0.493 e. The first-order valence-electron chi connectivity index (χ1n) is 5.79.